The predicted molar refractivity (Wildman–Crippen MR) is 74.7 cm³/mol. The van der Waals surface area contributed by atoms with Crippen LogP contribution in [0.2, 0.25) is 0 Å². The lowest BCUT2D eigenvalue weighted by Gasteiger charge is -2.16. The average Bonchev–Trinajstić information content (AvgIpc) is 2.65. The fourth-order valence-corrected chi connectivity index (χ4v) is 2.43. The molecule has 0 saturated heterocycles. The first-order valence-electron chi connectivity index (χ1n) is 6.64. The lowest BCUT2D eigenvalue weighted by atomic mass is 10.1. The Hall–Kier alpha value is -1.81. The fraction of sp³-hybridized carbons (Fsp3) is 0.400. The zero-order chi connectivity index (χ0) is 13.2. The van der Waals surface area contributed by atoms with E-state index in [4.69, 9.17) is 9.47 Å². The molecule has 1 aromatic heterocycles. The number of benzene rings is 1. The molecule has 0 unspecified atom stereocenters. The summed E-state index contributed by atoms with van der Waals surface area (Å²) in [6.07, 6.45) is 2.99. The van der Waals surface area contributed by atoms with Gasteiger partial charge in [0, 0.05) is 30.2 Å². The van der Waals surface area contributed by atoms with Gasteiger partial charge in [-0.3, -0.25) is 4.98 Å². The van der Waals surface area contributed by atoms with Crippen molar-refractivity contribution < 1.29 is 9.47 Å². The van der Waals surface area contributed by atoms with Crippen molar-refractivity contribution in [3.05, 3.63) is 30.0 Å². The van der Waals surface area contributed by atoms with Crippen molar-refractivity contribution in [3.63, 3.8) is 0 Å². The average molecular weight is 258 g/mol. The quantitative estimate of drug-likeness (QED) is 0.899. The van der Waals surface area contributed by atoms with Gasteiger partial charge in [-0.2, -0.15) is 0 Å². The number of hydrogen-bond donors (Lipinski definition) is 1. The third-order valence-corrected chi connectivity index (χ3v) is 3.54. The monoisotopic (exact) mass is 258 g/mol. The number of aromatic nitrogens is 1. The molecule has 0 amide bonds. The Balaban J connectivity index is 2.13. The summed E-state index contributed by atoms with van der Waals surface area (Å²) in [5, 5.41) is 4.41. The zero-order valence-electron chi connectivity index (χ0n) is 11.3. The van der Waals surface area contributed by atoms with Crippen LogP contribution < -0.4 is 14.8 Å². The minimum atomic E-state index is 0.223. The van der Waals surface area contributed by atoms with Gasteiger partial charge in [-0.05, 0) is 24.6 Å². The minimum Gasteiger partial charge on any atom is -0.496 e. The van der Waals surface area contributed by atoms with Gasteiger partial charge in [0.15, 0.2) is 0 Å². The Labute approximate surface area is 112 Å². The van der Waals surface area contributed by atoms with Gasteiger partial charge in [-0.25, -0.2) is 0 Å². The summed E-state index contributed by atoms with van der Waals surface area (Å²) in [4.78, 5) is 4.40. The minimum absolute atomic E-state index is 0.223. The molecule has 1 atom stereocenters. The molecule has 4 nitrogen and oxygen atoms in total. The van der Waals surface area contributed by atoms with Crippen LogP contribution >= 0.6 is 0 Å². The Morgan fingerprint density at radius 2 is 2.37 bits per heavy atom. The van der Waals surface area contributed by atoms with Crippen molar-refractivity contribution in [1.29, 1.82) is 0 Å². The summed E-state index contributed by atoms with van der Waals surface area (Å²) in [7, 11) is 1.68. The van der Waals surface area contributed by atoms with Crippen LogP contribution in [0.3, 0.4) is 0 Å². The smallest absolute Gasteiger partial charge is 0.129 e. The van der Waals surface area contributed by atoms with E-state index in [0.717, 1.165) is 47.5 Å². The molecule has 0 aliphatic carbocycles. The molecule has 3 rings (SSSR count). The highest BCUT2D eigenvalue weighted by molar-refractivity contribution is 5.87. The highest BCUT2D eigenvalue weighted by atomic mass is 16.5. The van der Waals surface area contributed by atoms with E-state index in [1.165, 1.54) is 0 Å². The van der Waals surface area contributed by atoms with Crippen molar-refractivity contribution in [3.8, 4) is 11.5 Å². The molecule has 1 aromatic carbocycles. The second-order valence-electron chi connectivity index (χ2n) is 4.77. The van der Waals surface area contributed by atoms with E-state index < -0.39 is 0 Å². The second-order valence-corrected chi connectivity index (χ2v) is 4.77. The standard InChI is InChI=1S/C15H18N2O2/c1-3-11-9-16-8-10-6-13-12(7-15(10)19-11)14(18-2)4-5-17-13/h4-7,11,16H,3,8-9H2,1-2H3/t11-/m1/s1. The second kappa shape index (κ2) is 5.05. The lowest BCUT2D eigenvalue weighted by Crippen LogP contribution is -2.27. The maximum atomic E-state index is 6.07. The third kappa shape index (κ3) is 2.24. The summed E-state index contributed by atoms with van der Waals surface area (Å²) in [6, 6.07) is 6.01. The van der Waals surface area contributed by atoms with E-state index >= 15 is 0 Å². The van der Waals surface area contributed by atoms with Crippen LogP contribution in [-0.2, 0) is 6.54 Å². The summed E-state index contributed by atoms with van der Waals surface area (Å²) >= 11 is 0. The first kappa shape index (κ1) is 12.2. The summed E-state index contributed by atoms with van der Waals surface area (Å²) in [6.45, 7) is 3.84. The van der Waals surface area contributed by atoms with E-state index in [1.807, 2.05) is 12.1 Å². The molecule has 1 N–H and O–H groups in total. The van der Waals surface area contributed by atoms with Gasteiger partial charge < -0.3 is 14.8 Å². The predicted octanol–water partition coefficient (Wildman–Crippen LogP) is 2.50. The highest BCUT2D eigenvalue weighted by Gasteiger charge is 2.17. The van der Waals surface area contributed by atoms with Crippen molar-refractivity contribution in [2.45, 2.75) is 26.0 Å². The number of ether oxygens (including phenoxy) is 2. The number of methoxy groups -OCH3 is 1. The SMILES string of the molecule is CC[C@@H]1CNCc2cc3nccc(OC)c3cc2O1. The molecule has 0 saturated carbocycles. The van der Waals surface area contributed by atoms with Crippen LogP contribution in [-0.4, -0.2) is 24.7 Å². The first-order valence-corrected chi connectivity index (χ1v) is 6.64. The summed E-state index contributed by atoms with van der Waals surface area (Å²) < 4.78 is 11.5. The first-order chi connectivity index (χ1) is 9.31. The molecule has 4 heteroatoms. The molecule has 19 heavy (non-hydrogen) atoms. The topological polar surface area (TPSA) is 43.4 Å². The number of pyridine rings is 1. The molecule has 1 aliphatic rings. The van der Waals surface area contributed by atoms with Gasteiger partial charge in [0.05, 0.1) is 12.6 Å². The van der Waals surface area contributed by atoms with Gasteiger partial charge >= 0.3 is 0 Å². The maximum absolute atomic E-state index is 6.07. The lowest BCUT2D eigenvalue weighted by molar-refractivity contribution is 0.202. The van der Waals surface area contributed by atoms with Crippen LogP contribution in [0, 0.1) is 0 Å². The van der Waals surface area contributed by atoms with Crippen molar-refractivity contribution >= 4 is 10.9 Å². The van der Waals surface area contributed by atoms with Crippen molar-refractivity contribution in [1.82, 2.24) is 10.3 Å². The highest BCUT2D eigenvalue weighted by Crippen LogP contribution is 2.32. The molecule has 0 fully saturated rings. The zero-order valence-corrected chi connectivity index (χ0v) is 11.3. The molecular formula is C15H18N2O2. The van der Waals surface area contributed by atoms with E-state index in [0.29, 0.717) is 0 Å². The van der Waals surface area contributed by atoms with Gasteiger partial charge in [0.1, 0.15) is 17.6 Å². The summed E-state index contributed by atoms with van der Waals surface area (Å²) in [5.41, 5.74) is 2.10. The Morgan fingerprint density at radius 3 is 3.16 bits per heavy atom. The molecule has 0 spiro atoms. The van der Waals surface area contributed by atoms with Gasteiger partial charge in [-0.15, -0.1) is 0 Å². The van der Waals surface area contributed by atoms with Crippen molar-refractivity contribution in [2.24, 2.45) is 0 Å². The number of hydrogen-bond acceptors (Lipinski definition) is 4. The van der Waals surface area contributed by atoms with E-state index in [2.05, 4.69) is 23.3 Å². The molecule has 2 heterocycles. The maximum Gasteiger partial charge on any atom is 0.129 e. The number of nitrogens with one attached hydrogen (secondary N) is 1. The van der Waals surface area contributed by atoms with Gasteiger partial charge in [0.25, 0.3) is 0 Å². The van der Waals surface area contributed by atoms with Crippen LogP contribution in [0.1, 0.15) is 18.9 Å². The largest absolute Gasteiger partial charge is 0.496 e. The van der Waals surface area contributed by atoms with E-state index in [-0.39, 0.29) is 6.10 Å². The number of fused-ring (bicyclic) bond motifs is 2. The van der Waals surface area contributed by atoms with E-state index in [9.17, 15) is 0 Å². The molecule has 100 valence electrons. The Bertz CT molecular complexity index is 598. The van der Waals surface area contributed by atoms with Crippen molar-refractivity contribution in [2.75, 3.05) is 13.7 Å². The van der Waals surface area contributed by atoms with Crippen LogP contribution in [0.25, 0.3) is 10.9 Å². The third-order valence-electron chi connectivity index (χ3n) is 3.54. The molecule has 0 radical (unpaired) electrons. The van der Waals surface area contributed by atoms with E-state index in [1.54, 1.807) is 13.3 Å². The molecular weight excluding hydrogens is 240 g/mol. The van der Waals surface area contributed by atoms with Crippen LogP contribution in [0.15, 0.2) is 24.4 Å². The number of rotatable bonds is 2. The number of nitrogens with zero attached hydrogens (tertiary/aromatic N) is 1. The van der Waals surface area contributed by atoms with Gasteiger partial charge in [0.2, 0.25) is 0 Å². The molecule has 2 aromatic rings. The Kier molecular flexibility index (Phi) is 3.25. The summed E-state index contributed by atoms with van der Waals surface area (Å²) in [5.74, 6) is 1.78. The van der Waals surface area contributed by atoms with Crippen LogP contribution in [0.5, 0.6) is 11.5 Å². The molecule has 0 bridgehead atoms. The Morgan fingerprint density at radius 1 is 1.47 bits per heavy atom. The van der Waals surface area contributed by atoms with Gasteiger partial charge in [-0.1, -0.05) is 6.92 Å². The fourth-order valence-electron chi connectivity index (χ4n) is 2.43. The molecule has 1 aliphatic heterocycles. The van der Waals surface area contributed by atoms with Crippen LogP contribution in [0.4, 0.5) is 0 Å². The normalized spacial score (nSPS) is 18.5.